The third-order valence-corrected chi connectivity index (χ3v) is 4.68. The number of hydrogen-bond donors (Lipinski definition) is 1. The lowest BCUT2D eigenvalue weighted by atomic mass is 9.46. The lowest BCUT2D eigenvalue weighted by Gasteiger charge is -2.60. The monoisotopic (exact) mass is 211 g/mol. The average Bonchev–Trinajstić information content (AvgIpc) is 1.95. The Labute approximate surface area is 88.8 Å². The Balaban J connectivity index is 2.05. The molecule has 84 valence electrons. The van der Waals surface area contributed by atoms with E-state index in [1.54, 1.807) is 0 Å². The molecule has 4 fully saturated rings. The molecule has 4 bridgehead atoms. The van der Waals surface area contributed by atoms with Crippen molar-refractivity contribution in [2.24, 2.45) is 11.3 Å². The van der Waals surface area contributed by atoms with Crippen molar-refractivity contribution < 1.29 is 10.0 Å². The SMILES string of the molecule is CC12CC3CC(O)(C1)CC([N+](=O)[O-])(C3)C2. The molecule has 0 aromatic heterocycles. The van der Waals surface area contributed by atoms with Gasteiger partial charge in [-0.2, -0.15) is 0 Å². The summed E-state index contributed by atoms with van der Waals surface area (Å²) in [6.07, 6.45) is 4.39. The maximum atomic E-state index is 11.2. The zero-order valence-electron chi connectivity index (χ0n) is 9.03. The van der Waals surface area contributed by atoms with Crippen molar-refractivity contribution in [3.8, 4) is 0 Å². The minimum atomic E-state index is -0.803. The highest BCUT2D eigenvalue weighted by Crippen LogP contribution is 2.63. The van der Waals surface area contributed by atoms with E-state index in [0.29, 0.717) is 25.2 Å². The molecule has 4 aliphatic rings. The molecular formula is C11H17NO3. The highest BCUT2D eigenvalue weighted by atomic mass is 16.6. The Bertz CT molecular complexity index is 323. The van der Waals surface area contributed by atoms with Crippen molar-refractivity contribution in [1.82, 2.24) is 0 Å². The highest BCUT2D eigenvalue weighted by molar-refractivity contribution is 5.13. The van der Waals surface area contributed by atoms with Crippen molar-refractivity contribution in [2.75, 3.05) is 0 Å². The second-order valence-corrected chi connectivity index (χ2v) is 6.53. The van der Waals surface area contributed by atoms with Crippen LogP contribution in [-0.4, -0.2) is 21.2 Å². The van der Waals surface area contributed by atoms with E-state index in [4.69, 9.17) is 0 Å². The third kappa shape index (κ3) is 1.17. The van der Waals surface area contributed by atoms with Crippen LogP contribution in [0.15, 0.2) is 0 Å². The molecule has 0 radical (unpaired) electrons. The standard InChI is InChI=1S/C11H17NO3/c1-9-2-8-3-10(5-9,12(14)15)7-11(13,4-8)6-9/h8,13H,2-7H2,1H3. The molecule has 4 nitrogen and oxygen atoms in total. The summed E-state index contributed by atoms with van der Waals surface area (Å²) in [7, 11) is 0. The summed E-state index contributed by atoms with van der Waals surface area (Å²) in [4.78, 5) is 11.1. The van der Waals surface area contributed by atoms with Crippen LogP contribution in [0.25, 0.3) is 0 Å². The van der Waals surface area contributed by atoms with E-state index in [0.717, 1.165) is 19.3 Å². The van der Waals surface area contributed by atoms with Gasteiger partial charge < -0.3 is 5.11 Å². The van der Waals surface area contributed by atoms with Gasteiger partial charge in [-0.3, -0.25) is 10.1 Å². The van der Waals surface area contributed by atoms with Crippen LogP contribution >= 0.6 is 0 Å². The Morgan fingerprint density at radius 3 is 2.53 bits per heavy atom. The van der Waals surface area contributed by atoms with Gasteiger partial charge in [0.2, 0.25) is 5.54 Å². The molecule has 0 aromatic carbocycles. The van der Waals surface area contributed by atoms with E-state index >= 15 is 0 Å². The molecule has 4 unspecified atom stereocenters. The van der Waals surface area contributed by atoms with E-state index in [1.165, 1.54) is 0 Å². The van der Waals surface area contributed by atoms with E-state index in [2.05, 4.69) is 6.92 Å². The van der Waals surface area contributed by atoms with Crippen molar-refractivity contribution >= 4 is 0 Å². The molecule has 4 aliphatic carbocycles. The molecule has 4 saturated carbocycles. The average molecular weight is 211 g/mol. The van der Waals surface area contributed by atoms with Crippen LogP contribution in [0.1, 0.15) is 45.4 Å². The number of aliphatic hydroxyl groups is 1. The van der Waals surface area contributed by atoms with Gasteiger partial charge in [0.1, 0.15) is 0 Å². The quantitative estimate of drug-likeness (QED) is 0.530. The molecule has 0 aliphatic heterocycles. The molecule has 0 heterocycles. The Hall–Kier alpha value is -0.640. The fourth-order valence-corrected chi connectivity index (χ4v) is 5.01. The molecule has 0 amide bonds. The highest BCUT2D eigenvalue weighted by Gasteiger charge is 2.67. The second kappa shape index (κ2) is 2.37. The normalized spacial score (nSPS) is 57.1. The van der Waals surface area contributed by atoms with Gasteiger partial charge in [0.05, 0.1) is 5.60 Å². The van der Waals surface area contributed by atoms with Crippen LogP contribution in [0.5, 0.6) is 0 Å². The van der Waals surface area contributed by atoms with Gasteiger partial charge in [-0.15, -0.1) is 0 Å². The maximum Gasteiger partial charge on any atom is 0.225 e. The van der Waals surface area contributed by atoms with Gasteiger partial charge in [0.25, 0.3) is 0 Å². The van der Waals surface area contributed by atoms with E-state index < -0.39 is 11.1 Å². The van der Waals surface area contributed by atoms with Crippen LogP contribution in [0, 0.1) is 21.4 Å². The Morgan fingerprint density at radius 2 is 2.00 bits per heavy atom. The van der Waals surface area contributed by atoms with Gasteiger partial charge in [-0.05, 0) is 30.6 Å². The molecule has 1 N–H and O–H groups in total. The molecule has 0 saturated heterocycles. The first kappa shape index (κ1) is 9.58. The summed E-state index contributed by atoms with van der Waals surface area (Å²) >= 11 is 0. The van der Waals surface area contributed by atoms with E-state index in [9.17, 15) is 15.2 Å². The van der Waals surface area contributed by atoms with Gasteiger partial charge in [-0.25, -0.2) is 0 Å². The molecule has 4 atom stereocenters. The predicted octanol–water partition coefficient (Wildman–Crippen LogP) is 1.74. The minimum absolute atomic E-state index is 0.0151. The molecule has 4 heteroatoms. The lowest BCUT2D eigenvalue weighted by molar-refractivity contribution is -0.595. The topological polar surface area (TPSA) is 63.4 Å². The van der Waals surface area contributed by atoms with Crippen molar-refractivity contribution in [3.05, 3.63) is 10.1 Å². The van der Waals surface area contributed by atoms with Crippen LogP contribution < -0.4 is 0 Å². The maximum absolute atomic E-state index is 11.2. The smallest absolute Gasteiger partial charge is 0.225 e. The van der Waals surface area contributed by atoms with Gasteiger partial charge in [-0.1, -0.05) is 6.92 Å². The van der Waals surface area contributed by atoms with Gasteiger partial charge in [0, 0.05) is 24.2 Å². The summed E-state index contributed by atoms with van der Waals surface area (Å²) in [5.41, 5.74) is -1.52. The molecule has 0 aromatic rings. The first-order chi connectivity index (χ1) is 6.85. The van der Waals surface area contributed by atoms with Crippen LogP contribution in [0.2, 0.25) is 0 Å². The summed E-state index contributed by atoms with van der Waals surface area (Å²) in [5.74, 6) is 0.377. The number of nitrogens with zero attached hydrogens (tertiary/aromatic N) is 1. The van der Waals surface area contributed by atoms with Gasteiger partial charge in [0.15, 0.2) is 0 Å². The predicted molar refractivity (Wildman–Crippen MR) is 54.0 cm³/mol. The lowest BCUT2D eigenvalue weighted by Crippen LogP contribution is -2.64. The summed E-state index contributed by atoms with van der Waals surface area (Å²) in [5, 5.41) is 21.6. The third-order valence-electron chi connectivity index (χ3n) is 4.68. The minimum Gasteiger partial charge on any atom is -0.390 e. The largest absolute Gasteiger partial charge is 0.390 e. The summed E-state index contributed by atoms with van der Waals surface area (Å²) in [6, 6.07) is 0. The summed E-state index contributed by atoms with van der Waals surface area (Å²) in [6.45, 7) is 2.11. The fourth-order valence-electron chi connectivity index (χ4n) is 5.01. The van der Waals surface area contributed by atoms with Crippen LogP contribution in [0.3, 0.4) is 0 Å². The van der Waals surface area contributed by atoms with E-state index in [1.807, 2.05) is 0 Å². The van der Waals surface area contributed by atoms with Crippen LogP contribution in [0.4, 0.5) is 0 Å². The number of hydrogen-bond acceptors (Lipinski definition) is 3. The second-order valence-electron chi connectivity index (χ2n) is 6.53. The molecular weight excluding hydrogens is 194 g/mol. The first-order valence-electron chi connectivity index (χ1n) is 5.72. The van der Waals surface area contributed by atoms with E-state index in [-0.39, 0.29) is 10.3 Å². The molecule has 15 heavy (non-hydrogen) atoms. The van der Waals surface area contributed by atoms with Crippen molar-refractivity contribution in [3.63, 3.8) is 0 Å². The zero-order chi connectivity index (χ0) is 10.9. The Kier molecular flexibility index (Phi) is 1.51. The number of rotatable bonds is 1. The van der Waals surface area contributed by atoms with Crippen molar-refractivity contribution in [1.29, 1.82) is 0 Å². The zero-order valence-corrected chi connectivity index (χ0v) is 9.03. The van der Waals surface area contributed by atoms with Crippen LogP contribution in [-0.2, 0) is 0 Å². The fraction of sp³-hybridized carbons (Fsp3) is 1.00. The first-order valence-corrected chi connectivity index (χ1v) is 5.72. The Morgan fingerprint density at radius 1 is 1.27 bits per heavy atom. The van der Waals surface area contributed by atoms with Crippen molar-refractivity contribution in [2.45, 2.75) is 56.6 Å². The molecule has 0 spiro atoms. The number of nitro groups is 1. The van der Waals surface area contributed by atoms with Gasteiger partial charge >= 0.3 is 0 Å². The molecule has 4 rings (SSSR count). The summed E-state index contributed by atoms with van der Waals surface area (Å²) < 4.78 is 0.